The molecule has 1 unspecified atom stereocenters. The summed E-state index contributed by atoms with van der Waals surface area (Å²) in [5, 5.41) is 0. The average molecular weight is 244 g/mol. The van der Waals surface area contributed by atoms with Gasteiger partial charge in [-0.1, -0.05) is 33.1 Å². The first kappa shape index (κ1) is 16.4. The number of hydrazine groups is 1. The summed E-state index contributed by atoms with van der Waals surface area (Å²) in [6.45, 7) is 9.20. The van der Waals surface area contributed by atoms with Crippen molar-refractivity contribution in [2.45, 2.75) is 53.4 Å². The highest BCUT2D eigenvalue weighted by Gasteiger charge is 2.27. The summed E-state index contributed by atoms with van der Waals surface area (Å²) >= 11 is 0. The molecule has 0 aliphatic rings. The van der Waals surface area contributed by atoms with Crippen molar-refractivity contribution in [3.63, 3.8) is 0 Å². The molecule has 4 heteroatoms. The molecule has 0 radical (unpaired) electrons. The molecule has 0 saturated carbocycles. The fourth-order valence-electron chi connectivity index (χ4n) is 1.64. The monoisotopic (exact) mass is 244 g/mol. The molecule has 0 rings (SSSR count). The van der Waals surface area contributed by atoms with Crippen molar-refractivity contribution in [1.82, 2.24) is 5.43 Å². The van der Waals surface area contributed by atoms with E-state index in [4.69, 9.17) is 10.6 Å². The van der Waals surface area contributed by atoms with Gasteiger partial charge in [-0.05, 0) is 26.2 Å². The summed E-state index contributed by atoms with van der Waals surface area (Å²) in [5.74, 6) is 5.55. The minimum Gasteiger partial charge on any atom is -0.380 e. The number of hydrogen-bond acceptors (Lipinski definition) is 3. The molecule has 0 spiro atoms. The van der Waals surface area contributed by atoms with E-state index in [1.54, 1.807) is 0 Å². The molecule has 102 valence electrons. The highest BCUT2D eigenvalue weighted by Crippen LogP contribution is 2.18. The Bertz CT molecular complexity index is 217. The first-order chi connectivity index (χ1) is 7.97. The van der Waals surface area contributed by atoms with E-state index in [0.717, 1.165) is 13.0 Å². The number of unbranched alkanes of at least 4 members (excludes halogenated alkanes) is 1. The summed E-state index contributed by atoms with van der Waals surface area (Å²) in [5.41, 5.74) is 1.61. The second kappa shape index (κ2) is 8.48. The summed E-state index contributed by atoms with van der Waals surface area (Å²) < 4.78 is 5.66. The van der Waals surface area contributed by atoms with Gasteiger partial charge in [-0.3, -0.25) is 10.2 Å². The molecule has 0 aliphatic heterocycles. The normalized spacial score (nSPS) is 13.5. The summed E-state index contributed by atoms with van der Waals surface area (Å²) in [6.07, 6.45) is 4.80. The van der Waals surface area contributed by atoms with Gasteiger partial charge in [0.1, 0.15) is 0 Å². The largest absolute Gasteiger partial charge is 0.380 e. The Morgan fingerprint density at radius 1 is 1.41 bits per heavy atom. The van der Waals surface area contributed by atoms with Crippen LogP contribution in [-0.4, -0.2) is 19.1 Å². The van der Waals surface area contributed by atoms with Crippen LogP contribution in [0.1, 0.15) is 53.4 Å². The predicted octanol–water partition coefficient (Wildman–Crippen LogP) is 2.24. The van der Waals surface area contributed by atoms with Crippen LogP contribution in [-0.2, 0) is 9.53 Å². The van der Waals surface area contributed by atoms with E-state index in [-0.39, 0.29) is 5.91 Å². The number of rotatable bonds is 9. The second-order valence-corrected chi connectivity index (χ2v) is 5.29. The van der Waals surface area contributed by atoms with Gasteiger partial charge in [-0.15, -0.1) is 0 Å². The van der Waals surface area contributed by atoms with Crippen molar-refractivity contribution in [3.05, 3.63) is 0 Å². The lowest BCUT2D eigenvalue weighted by atomic mass is 9.94. The van der Waals surface area contributed by atoms with Gasteiger partial charge >= 0.3 is 0 Å². The molecule has 1 amide bonds. The maximum Gasteiger partial charge on any atom is 0.241 e. The average Bonchev–Trinajstić information content (AvgIpc) is 2.32. The smallest absolute Gasteiger partial charge is 0.241 e. The van der Waals surface area contributed by atoms with Crippen LogP contribution in [0.2, 0.25) is 0 Å². The maximum absolute atomic E-state index is 11.4. The van der Waals surface area contributed by atoms with Gasteiger partial charge in [0, 0.05) is 6.61 Å². The van der Waals surface area contributed by atoms with E-state index in [1.165, 1.54) is 19.3 Å². The molecule has 0 saturated heterocycles. The highest BCUT2D eigenvalue weighted by molar-refractivity contribution is 5.81. The predicted molar refractivity (Wildman–Crippen MR) is 70.2 cm³/mol. The molecule has 3 N–H and O–H groups in total. The molecule has 0 aromatic carbocycles. The zero-order valence-electron chi connectivity index (χ0n) is 11.7. The van der Waals surface area contributed by atoms with Crippen molar-refractivity contribution < 1.29 is 9.53 Å². The summed E-state index contributed by atoms with van der Waals surface area (Å²) in [6, 6.07) is 0. The van der Waals surface area contributed by atoms with Gasteiger partial charge in [-0.2, -0.15) is 0 Å². The topological polar surface area (TPSA) is 64.3 Å². The lowest BCUT2D eigenvalue weighted by Crippen LogP contribution is -2.43. The Morgan fingerprint density at radius 3 is 2.53 bits per heavy atom. The zero-order chi connectivity index (χ0) is 13.3. The Hall–Kier alpha value is -0.610. The number of carbonyl (C=O) groups is 1. The van der Waals surface area contributed by atoms with Crippen LogP contribution in [0.4, 0.5) is 0 Å². The number of carbonyl (C=O) groups excluding carboxylic acids is 1. The second-order valence-electron chi connectivity index (χ2n) is 5.29. The van der Waals surface area contributed by atoms with Gasteiger partial charge in [0.2, 0.25) is 5.91 Å². The molecule has 0 aromatic rings. The van der Waals surface area contributed by atoms with E-state index in [1.807, 2.05) is 13.8 Å². The fourth-order valence-corrected chi connectivity index (χ4v) is 1.64. The molecule has 17 heavy (non-hydrogen) atoms. The lowest BCUT2D eigenvalue weighted by Gasteiger charge is -2.23. The van der Waals surface area contributed by atoms with Gasteiger partial charge < -0.3 is 4.74 Å². The first-order valence-electron chi connectivity index (χ1n) is 6.56. The van der Waals surface area contributed by atoms with E-state index in [9.17, 15) is 4.79 Å². The van der Waals surface area contributed by atoms with Crippen molar-refractivity contribution in [3.8, 4) is 0 Å². The van der Waals surface area contributed by atoms with Crippen molar-refractivity contribution in [2.24, 2.45) is 17.2 Å². The summed E-state index contributed by atoms with van der Waals surface area (Å²) in [4.78, 5) is 11.4. The van der Waals surface area contributed by atoms with Crippen LogP contribution in [0, 0.1) is 11.3 Å². The van der Waals surface area contributed by atoms with Crippen LogP contribution in [0.25, 0.3) is 0 Å². The lowest BCUT2D eigenvalue weighted by molar-refractivity contribution is -0.133. The Labute approximate surface area is 105 Å². The number of nitrogens with two attached hydrogens (primary N) is 1. The van der Waals surface area contributed by atoms with Gasteiger partial charge in [-0.25, -0.2) is 5.84 Å². The molecule has 4 nitrogen and oxygen atoms in total. The van der Waals surface area contributed by atoms with Crippen LogP contribution in [0.15, 0.2) is 0 Å². The van der Waals surface area contributed by atoms with Crippen molar-refractivity contribution >= 4 is 5.91 Å². The standard InChI is InChI=1S/C13H28N2O2/c1-5-7-8-11(6-2)9-17-10-13(3,4)12(16)15-14/h11H,5-10,14H2,1-4H3,(H,15,16). The molecular formula is C13H28N2O2. The zero-order valence-corrected chi connectivity index (χ0v) is 11.7. The Kier molecular flexibility index (Phi) is 8.17. The molecule has 0 heterocycles. The van der Waals surface area contributed by atoms with E-state index >= 15 is 0 Å². The van der Waals surface area contributed by atoms with Crippen LogP contribution < -0.4 is 11.3 Å². The quantitative estimate of drug-likeness (QED) is 0.371. The highest BCUT2D eigenvalue weighted by atomic mass is 16.5. The molecule has 0 bridgehead atoms. The number of hydrogen-bond donors (Lipinski definition) is 2. The summed E-state index contributed by atoms with van der Waals surface area (Å²) in [7, 11) is 0. The SMILES string of the molecule is CCCCC(CC)COCC(C)(C)C(=O)NN. The molecule has 0 aliphatic carbocycles. The minimum atomic E-state index is -0.558. The van der Waals surface area contributed by atoms with Gasteiger partial charge in [0.05, 0.1) is 12.0 Å². The fraction of sp³-hybridized carbons (Fsp3) is 0.923. The first-order valence-corrected chi connectivity index (χ1v) is 6.56. The van der Waals surface area contributed by atoms with Crippen LogP contribution in [0.5, 0.6) is 0 Å². The third-order valence-corrected chi connectivity index (χ3v) is 3.11. The van der Waals surface area contributed by atoms with Crippen molar-refractivity contribution in [2.75, 3.05) is 13.2 Å². The number of amides is 1. The van der Waals surface area contributed by atoms with Crippen LogP contribution >= 0.6 is 0 Å². The molecule has 0 fully saturated rings. The molecule has 0 aromatic heterocycles. The third-order valence-electron chi connectivity index (χ3n) is 3.11. The van der Waals surface area contributed by atoms with E-state index in [2.05, 4.69) is 19.3 Å². The molecule has 1 atom stereocenters. The van der Waals surface area contributed by atoms with E-state index in [0.29, 0.717) is 12.5 Å². The maximum atomic E-state index is 11.4. The van der Waals surface area contributed by atoms with Crippen LogP contribution in [0.3, 0.4) is 0 Å². The Balaban J connectivity index is 3.91. The van der Waals surface area contributed by atoms with Gasteiger partial charge in [0.15, 0.2) is 0 Å². The Morgan fingerprint density at radius 2 is 2.06 bits per heavy atom. The number of ether oxygens (including phenoxy) is 1. The van der Waals surface area contributed by atoms with Crippen molar-refractivity contribution in [1.29, 1.82) is 0 Å². The van der Waals surface area contributed by atoms with Gasteiger partial charge in [0.25, 0.3) is 0 Å². The van der Waals surface area contributed by atoms with E-state index < -0.39 is 5.41 Å². The third kappa shape index (κ3) is 6.64. The minimum absolute atomic E-state index is 0.181. The molecular weight excluding hydrogens is 216 g/mol. The number of nitrogens with one attached hydrogen (secondary N) is 1.